The lowest BCUT2D eigenvalue weighted by Gasteiger charge is -2.04. The summed E-state index contributed by atoms with van der Waals surface area (Å²) in [6.45, 7) is 11.5. The molecule has 0 unspecified atom stereocenters. The molecule has 0 aromatic heterocycles. The molecule has 0 atom stereocenters. The number of rotatable bonds is 3. The maximum Gasteiger partial charge on any atom is 0.0364 e. The molecule has 0 aliphatic rings. The number of aliphatic imine (C=N–C) groups is 1. The molecule has 0 saturated heterocycles. The lowest BCUT2D eigenvalue weighted by Crippen LogP contribution is -1.97. The molecule has 0 N–H and O–H groups in total. The van der Waals surface area contributed by atoms with Crippen molar-refractivity contribution < 1.29 is 0 Å². The van der Waals surface area contributed by atoms with Crippen LogP contribution in [0.15, 0.2) is 16.1 Å². The zero-order valence-corrected chi connectivity index (χ0v) is 8.36. The van der Waals surface area contributed by atoms with E-state index in [2.05, 4.69) is 39.6 Å². The van der Waals surface area contributed by atoms with E-state index in [0.29, 0.717) is 0 Å². The second-order valence-corrected chi connectivity index (χ2v) is 2.82. The molecule has 0 aliphatic heterocycles. The van der Waals surface area contributed by atoms with Crippen LogP contribution in [0.4, 0.5) is 0 Å². The highest BCUT2D eigenvalue weighted by atomic mass is 14.7. The molecule has 1 heteroatoms. The average Bonchev–Trinajstić information content (AvgIpc) is 2.02. The van der Waals surface area contributed by atoms with Gasteiger partial charge in [0.1, 0.15) is 0 Å². The zero-order chi connectivity index (χ0) is 8.85. The van der Waals surface area contributed by atoms with Crippen LogP contribution in [-0.4, -0.2) is 12.3 Å². The fraction of sp³-hybridized carbons (Fsp3) is 0.700. The second-order valence-electron chi connectivity index (χ2n) is 2.82. The molecule has 0 aromatic carbocycles. The summed E-state index contributed by atoms with van der Waals surface area (Å²) in [7, 11) is 0. The Morgan fingerprint density at radius 1 is 1.09 bits per heavy atom. The Balaban J connectivity index is 4.46. The minimum Gasteiger partial charge on any atom is -0.290 e. The van der Waals surface area contributed by atoms with Crippen molar-refractivity contribution >= 4 is 5.71 Å². The molecule has 0 heterocycles. The SMILES string of the molecule is CCN=C(C)/C(C)=C(\C)CC. The Labute approximate surface area is 70.2 Å². The molecule has 0 rings (SSSR count). The summed E-state index contributed by atoms with van der Waals surface area (Å²) in [6, 6.07) is 0. The van der Waals surface area contributed by atoms with Crippen LogP contribution in [0.2, 0.25) is 0 Å². The summed E-state index contributed by atoms with van der Waals surface area (Å²) in [6.07, 6.45) is 1.13. The molecular formula is C10H19N. The predicted octanol–water partition coefficient (Wildman–Crippen LogP) is 3.21. The van der Waals surface area contributed by atoms with Gasteiger partial charge in [0, 0.05) is 12.3 Å². The van der Waals surface area contributed by atoms with E-state index >= 15 is 0 Å². The van der Waals surface area contributed by atoms with Gasteiger partial charge >= 0.3 is 0 Å². The molecule has 0 spiro atoms. The molecule has 1 nitrogen and oxygen atoms in total. The summed E-state index contributed by atoms with van der Waals surface area (Å²) < 4.78 is 0. The highest BCUT2D eigenvalue weighted by molar-refractivity contribution is 5.98. The van der Waals surface area contributed by atoms with Crippen LogP contribution in [0.1, 0.15) is 41.0 Å². The smallest absolute Gasteiger partial charge is 0.0364 e. The van der Waals surface area contributed by atoms with Gasteiger partial charge in [0.15, 0.2) is 0 Å². The third-order valence-corrected chi connectivity index (χ3v) is 2.11. The molecule has 0 aromatic rings. The van der Waals surface area contributed by atoms with Crippen molar-refractivity contribution in [2.45, 2.75) is 41.0 Å². The Morgan fingerprint density at radius 2 is 1.64 bits per heavy atom. The first-order chi connectivity index (χ1) is 5.13. The summed E-state index contributed by atoms with van der Waals surface area (Å²) in [5, 5.41) is 0. The number of allylic oxidation sites excluding steroid dienone is 2. The van der Waals surface area contributed by atoms with Gasteiger partial charge < -0.3 is 0 Å². The summed E-state index contributed by atoms with van der Waals surface area (Å²) in [5.74, 6) is 0. The minimum absolute atomic E-state index is 0.889. The van der Waals surface area contributed by atoms with Crippen LogP contribution in [-0.2, 0) is 0 Å². The standard InChI is InChI=1S/C10H19N/c1-6-8(3)9(4)10(5)11-7-2/h6-7H2,1-5H3/b9-8+,11-10?. The molecular weight excluding hydrogens is 134 g/mol. The van der Waals surface area contributed by atoms with Crippen LogP contribution in [0.25, 0.3) is 0 Å². The summed E-state index contributed by atoms with van der Waals surface area (Å²) >= 11 is 0. The van der Waals surface area contributed by atoms with Gasteiger partial charge in [0.25, 0.3) is 0 Å². The van der Waals surface area contributed by atoms with E-state index in [4.69, 9.17) is 0 Å². The van der Waals surface area contributed by atoms with E-state index in [9.17, 15) is 0 Å². The molecule has 11 heavy (non-hydrogen) atoms. The fourth-order valence-corrected chi connectivity index (χ4v) is 0.930. The van der Waals surface area contributed by atoms with Crippen molar-refractivity contribution in [3.63, 3.8) is 0 Å². The predicted molar refractivity (Wildman–Crippen MR) is 52.3 cm³/mol. The van der Waals surface area contributed by atoms with Gasteiger partial charge in [-0.3, -0.25) is 4.99 Å². The Hall–Kier alpha value is -0.590. The van der Waals surface area contributed by atoms with Crippen molar-refractivity contribution in [3.05, 3.63) is 11.1 Å². The van der Waals surface area contributed by atoms with Crippen LogP contribution in [0.3, 0.4) is 0 Å². The topological polar surface area (TPSA) is 12.4 Å². The Kier molecular flexibility index (Phi) is 4.84. The minimum atomic E-state index is 0.889. The molecule has 0 bridgehead atoms. The highest BCUT2D eigenvalue weighted by Gasteiger charge is 1.97. The van der Waals surface area contributed by atoms with Gasteiger partial charge in [-0.25, -0.2) is 0 Å². The normalized spacial score (nSPS) is 14.8. The first kappa shape index (κ1) is 10.4. The Bertz CT molecular complexity index is 175. The van der Waals surface area contributed by atoms with Crippen LogP contribution in [0, 0.1) is 0 Å². The van der Waals surface area contributed by atoms with E-state index in [1.165, 1.54) is 16.9 Å². The van der Waals surface area contributed by atoms with Gasteiger partial charge in [-0.1, -0.05) is 12.5 Å². The number of hydrogen-bond donors (Lipinski definition) is 0. The molecule has 0 saturated carbocycles. The average molecular weight is 153 g/mol. The monoisotopic (exact) mass is 153 g/mol. The van der Waals surface area contributed by atoms with Crippen molar-refractivity contribution in [3.8, 4) is 0 Å². The first-order valence-corrected chi connectivity index (χ1v) is 4.31. The van der Waals surface area contributed by atoms with E-state index in [-0.39, 0.29) is 0 Å². The van der Waals surface area contributed by atoms with Gasteiger partial charge in [0.05, 0.1) is 0 Å². The largest absolute Gasteiger partial charge is 0.290 e. The van der Waals surface area contributed by atoms with Gasteiger partial charge in [-0.05, 0) is 39.7 Å². The zero-order valence-electron chi connectivity index (χ0n) is 8.36. The summed E-state index contributed by atoms with van der Waals surface area (Å²) in [5.41, 5.74) is 3.99. The van der Waals surface area contributed by atoms with E-state index in [1.54, 1.807) is 0 Å². The van der Waals surface area contributed by atoms with E-state index in [0.717, 1.165) is 13.0 Å². The maximum absolute atomic E-state index is 4.35. The highest BCUT2D eigenvalue weighted by Crippen LogP contribution is 2.08. The molecule has 0 amide bonds. The third-order valence-electron chi connectivity index (χ3n) is 2.11. The van der Waals surface area contributed by atoms with Crippen molar-refractivity contribution in [2.24, 2.45) is 4.99 Å². The molecule has 64 valence electrons. The quantitative estimate of drug-likeness (QED) is 0.552. The Morgan fingerprint density at radius 3 is 2.00 bits per heavy atom. The third kappa shape index (κ3) is 3.35. The van der Waals surface area contributed by atoms with Gasteiger partial charge in [-0.15, -0.1) is 0 Å². The van der Waals surface area contributed by atoms with E-state index < -0.39 is 0 Å². The number of hydrogen-bond acceptors (Lipinski definition) is 1. The fourth-order valence-electron chi connectivity index (χ4n) is 0.930. The van der Waals surface area contributed by atoms with Crippen LogP contribution in [0.5, 0.6) is 0 Å². The maximum atomic E-state index is 4.35. The van der Waals surface area contributed by atoms with Crippen molar-refractivity contribution in [1.29, 1.82) is 0 Å². The summed E-state index contributed by atoms with van der Waals surface area (Å²) in [4.78, 5) is 4.35. The van der Waals surface area contributed by atoms with Crippen molar-refractivity contribution in [1.82, 2.24) is 0 Å². The van der Waals surface area contributed by atoms with Crippen LogP contribution >= 0.6 is 0 Å². The molecule has 0 fully saturated rings. The molecule has 0 radical (unpaired) electrons. The first-order valence-electron chi connectivity index (χ1n) is 4.31. The lowest BCUT2D eigenvalue weighted by atomic mass is 10.1. The second kappa shape index (κ2) is 5.11. The van der Waals surface area contributed by atoms with Gasteiger partial charge in [-0.2, -0.15) is 0 Å². The van der Waals surface area contributed by atoms with Crippen LogP contribution < -0.4 is 0 Å². The van der Waals surface area contributed by atoms with Crippen molar-refractivity contribution in [2.75, 3.05) is 6.54 Å². The van der Waals surface area contributed by atoms with Gasteiger partial charge in [0.2, 0.25) is 0 Å². The lowest BCUT2D eigenvalue weighted by molar-refractivity contribution is 1.06. The van der Waals surface area contributed by atoms with E-state index in [1.807, 2.05) is 0 Å². The molecule has 0 aliphatic carbocycles. The number of nitrogens with zero attached hydrogens (tertiary/aromatic N) is 1.